The number of terminal acetylenes is 1. The molecule has 0 aromatic heterocycles. The van der Waals surface area contributed by atoms with E-state index in [2.05, 4.69) is 35.5 Å². The van der Waals surface area contributed by atoms with E-state index in [9.17, 15) is 0 Å². The molecule has 0 fully saturated rings. The molecule has 1 N–H and O–H groups in total. The lowest BCUT2D eigenvalue weighted by Crippen LogP contribution is -2.33. The zero-order valence-corrected chi connectivity index (χ0v) is 9.87. The molecule has 2 rings (SSSR count). The van der Waals surface area contributed by atoms with Gasteiger partial charge in [-0.15, -0.1) is 12.3 Å². The first-order chi connectivity index (χ1) is 7.86. The third-order valence-corrected chi connectivity index (χ3v) is 3.61. The fraction of sp³-hybridized carbons (Fsp3) is 0.467. The van der Waals surface area contributed by atoms with Crippen molar-refractivity contribution in [3.63, 3.8) is 0 Å². The van der Waals surface area contributed by atoms with Gasteiger partial charge in [-0.3, -0.25) is 0 Å². The Balaban J connectivity index is 2.27. The van der Waals surface area contributed by atoms with Crippen LogP contribution in [-0.4, -0.2) is 13.1 Å². The number of likely N-dealkylation sites (N-methyl/N-ethyl adjacent to an activating group) is 1. The number of hydrogen-bond acceptors (Lipinski definition) is 1. The lowest BCUT2D eigenvalue weighted by Gasteiger charge is -2.31. The molecule has 2 unspecified atom stereocenters. The van der Waals surface area contributed by atoms with Crippen LogP contribution in [0.5, 0.6) is 0 Å². The predicted octanol–water partition coefficient (Wildman–Crippen LogP) is 2.72. The first-order valence-corrected chi connectivity index (χ1v) is 6.05. The molecule has 1 heteroatoms. The normalized spacial score (nSPS) is 20.9. The van der Waals surface area contributed by atoms with Crippen molar-refractivity contribution in [1.29, 1.82) is 0 Å². The molecule has 1 nitrogen and oxygen atoms in total. The van der Waals surface area contributed by atoms with Crippen LogP contribution in [0.2, 0.25) is 0 Å². The largest absolute Gasteiger partial charge is 0.315 e. The van der Waals surface area contributed by atoms with Crippen molar-refractivity contribution in [1.82, 2.24) is 5.32 Å². The Morgan fingerprint density at radius 1 is 1.50 bits per heavy atom. The summed E-state index contributed by atoms with van der Waals surface area (Å²) >= 11 is 0. The predicted molar refractivity (Wildman–Crippen MR) is 68.4 cm³/mol. The van der Waals surface area contributed by atoms with E-state index in [4.69, 9.17) is 6.42 Å². The SMILES string of the molecule is C#CCC(NC)C1CCCc2ccccc21. The summed E-state index contributed by atoms with van der Waals surface area (Å²) in [5.74, 6) is 3.37. The molecule has 0 saturated heterocycles. The molecule has 2 atom stereocenters. The molecule has 1 aromatic rings. The molecule has 0 spiro atoms. The van der Waals surface area contributed by atoms with Crippen LogP contribution in [0.1, 0.15) is 36.3 Å². The summed E-state index contributed by atoms with van der Waals surface area (Å²) in [6, 6.07) is 9.21. The molecule has 1 aliphatic rings. The van der Waals surface area contributed by atoms with Crippen molar-refractivity contribution >= 4 is 0 Å². The van der Waals surface area contributed by atoms with Crippen LogP contribution in [0.3, 0.4) is 0 Å². The van der Waals surface area contributed by atoms with E-state index in [1.807, 2.05) is 7.05 Å². The number of hydrogen-bond donors (Lipinski definition) is 1. The molecule has 0 amide bonds. The summed E-state index contributed by atoms with van der Waals surface area (Å²) < 4.78 is 0. The Kier molecular flexibility index (Phi) is 3.64. The summed E-state index contributed by atoms with van der Waals surface area (Å²) in [4.78, 5) is 0. The van der Waals surface area contributed by atoms with Gasteiger partial charge in [-0.1, -0.05) is 24.3 Å². The average molecular weight is 213 g/mol. The van der Waals surface area contributed by atoms with E-state index in [0.29, 0.717) is 12.0 Å². The van der Waals surface area contributed by atoms with Crippen LogP contribution in [0, 0.1) is 12.3 Å². The van der Waals surface area contributed by atoms with Crippen molar-refractivity contribution in [3.8, 4) is 12.3 Å². The summed E-state index contributed by atoms with van der Waals surface area (Å²) in [5.41, 5.74) is 3.01. The van der Waals surface area contributed by atoms with Crippen LogP contribution in [0.4, 0.5) is 0 Å². The number of rotatable bonds is 3. The molecule has 84 valence electrons. The molecule has 0 bridgehead atoms. The maximum atomic E-state index is 5.44. The molecule has 16 heavy (non-hydrogen) atoms. The van der Waals surface area contributed by atoms with Crippen LogP contribution < -0.4 is 5.32 Å². The van der Waals surface area contributed by atoms with E-state index >= 15 is 0 Å². The van der Waals surface area contributed by atoms with Crippen LogP contribution >= 0.6 is 0 Å². The second kappa shape index (κ2) is 5.18. The zero-order chi connectivity index (χ0) is 11.4. The molecular weight excluding hydrogens is 194 g/mol. The van der Waals surface area contributed by atoms with Crippen molar-refractivity contribution in [2.75, 3.05) is 7.05 Å². The zero-order valence-electron chi connectivity index (χ0n) is 9.87. The first-order valence-electron chi connectivity index (χ1n) is 6.05. The minimum atomic E-state index is 0.423. The highest BCUT2D eigenvalue weighted by molar-refractivity contribution is 5.34. The summed E-state index contributed by atoms with van der Waals surface area (Å²) in [6.45, 7) is 0. The van der Waals surface area contributed by atoms with Gasteiger partial charge in [0.1, 0.15) is 0 Å². The van der Waals surface area contributed by atoms with Gasteiger partial charge >= 0.3 is 0 Å². The summed E-state index contributed by atoms with van der Waals surface area (Å²) in [7, 11) is 2.01. The van der Waals surface area contributed by atoms with E-state index in [1.54, 1.807) is 0 Å². The summed E-state index contributed by atoms with van der Waals surface area (Å²) in [5, 5.41) is 3.37. The Bertz CT molecular complexity index is 389. The molecule has 0 saturated carbocycles. The second-order valence-corrected chi connectivity index (χ2v) is 4.50. The molecule has 1 aliphatic carbocycles. The smallest absolute Gasteiger partial charge is 0.0246 e. The Morgan fingerprint density at radius 3 is 3.06 bits per heavy atom. The first kappa shape index (κ1) is 11.2. The Labute approximate surface area is 98.3 Å². The standard InChI is InChI=1S/C15H19N/c1-3-7-15(16-2)14-11-6-9-12-8-4-5-10-13(12)14/h1,4-5,8,10,14-16H,6-7,9,11H2,2H3. The van der Waals surface area contributed by atoms with E-state index in [1.165, 1.54) is 30.4 Å². The highest BCUT2D eigenvalue weighted by Gasteiger charge is 2.25. The van der Waals surface area contributed by atoms with Gasteiger partial charge in [0.05, 0.1) is 0 Å². The quantitative estimate of drug-likeness (QED) is 0.761. The van der Waals surface area contributed by atoms with E-state index in [0.717, 1.165) is 6.42 Å². The van der Waals surface area contributed by atoms with Crippen molar-refractivity contribution in [2.24, 2.45) is 0 Å². The van der Waals surface area contributed by atoms with Crippen molar-refractivity contribution in [2.45, 2.75) is 37.6 Å². The van der Waals surface area contributed by atoms with E-state index in [-0.39, 0.29) is 0 Å². The lowest BCUT2D eigenvalue weighted by atomic mass is 9.78. The van der Waals surface area contributed by atoms with Gasteiger partial charge in [0.15, 0.2) is 0 Å². The highest BCUT2D eigenvalue weighted by Crippen LogP contribution is 2.34. The van der Waals surface area contributed by atoms with Crippen molar-refractivity contribution in [3.05, 3.63) is 35.4 Å². The molecule has 1 aromatic carbocycles. The van der Waals surface area contributed by atoms with Gasteiger partial charge < -0.3 is 5.32 Å². The second-order valence-electron chi connectivity index (χ2n) is 4.50. The lowest BCUT2D eigenvalue weighted by molar-refractivity contribution is 0.419. The van der Waals surface area contributed by atoms with Crippen LogP contribution in [0.15, 0.2) is 24.3 Å². The Morgan fingerprint density at radius 2 is 2.31 bits per heavy atom. The molecule has 0 aliphatic heterocycles. The topological polar surface area (TPSA) is 12.0 Å². The third-order valence-electron chi connectivity index (χ3n) is 3.61. The molecule has 0 radical (unpaired) electrons. The molecular formula is C15H19N. The van der Waals surface area contributed by atoms with Crippen LogP contribution in [0.25, 0.3) is 0 Å². The number of benzene rings is 1. The summed E-state index contributed by atoms with van der Waals surface area (Å²) in [6.07, 6.45) is 10.0. The number of fused-ring (bicyclic) bond motifs is 1. The van der Waals surface area contributed by atoms with Crippen molar-refractivity contribution < 1.29 is 0 Å². The fourth-order valence-corrected chi connectivity index (χ4v) is 2.78. The molecule has 0 heterocycles. The fourth-order valence-electron chi connectivity index (χ4n) is 2.78. The highest BCUT2D eigenvalue weighted by atomic mass is 14.9. The van der Waals surface area contributed by atoms with Gasteiger partial charge in [0.25, 0.3) is 0 Å². The maximum Gasteiger partial charge on any atom is 0.0246 e. The van der Waals surface area contributed by atoms with E-state index < -0.39 is 0 Å². The maximum absolute atomic E-state index is 5.44. The van der Waals surface area contributed by atoms with Gasteiger partial charge in [-0.2, -0.15) is 0 Å². The van der Waals surface area contributed by atoms with Crippen LogP contribution in [-0.2, 0) is 6.42 Å². The van der Waals surface area contributed by atoms with Gasteiger partial charge in [-0.25, -0.2) is 0 Å². The minimum absolute atomic E-state index is 0.423. The third kappa shape index (κ3) is 2.13. The monoisotopic (exact) mass is 213 g/mol. The average Bonchev–Trinajstić information content (AvgIpc) is 2.35. The number of nitrogens with one attached hydrogen (secondary N) is 1. The minimum Gasteiger partial charge on any atom is -0.315 e. The van der Waals surface area contributed by atoms with Gasteiger partial charge in [-0.05, 0) is 37.4 Å². The Hall–Kier alpha value is -1.26. The van der Waals surface area contributed by atoms with Gasteiger partial charge in [0, 0.05) is 18.4 Å². The number of aryl methyl sites for hydroxylation is 1. The van der Waals surface area contributed by atoms with Gasteiger partial charge in [0.2, 0.25) is 0 Å².